The molecule has 2 aromatic carbocycles. The maximum atomic E-state index is 12.5. The number of benzene rings is 2. The van der Waals surface area contributed by atoms with E-state index in [1.165, 1.54) is 0 Å². The number of H-pyrrole nitrogens is 1. The molecule has 0 aliphatic rings. The second-order valence-corrected chi connectivity index (χ2v) is 7.09. The van der Waals surface area contributed by atoms with E-state index in [4.69, 9.17) is 0 Å². The summed E-state index contributed by atoms with van der Waals surface area (Å²) >= 11 is 0. The molecule has 0 amide bonds. The van der Waals surface area contributed by atoms with Gasteiger partial charge in [-0.15, -0.1) is 0 Å². The Morgan fingerprint density at radius 1 is 0.769 bits per heavy atom. The normalized spacial score (nSPS) is 10.2. The van der Waals surface area contributed by atoms with Gasteiger partial charge in [0.05, 0.1) is 15.5 Å². The lowest BCUT2D eigenvalue weighted by Gasteiger charge is -2.05. The van der Waals surface area contributed by atoms with Gasteiger partial charge in [0.1, 0.15) is 5.82 Å². The minimum absolute atomic E-state index is 0.280. The Hall–Kier alpha value is -2.40. The number of imidazole rings is 1. The highest BCUT2D eigenvalue weighted by Crippen LogP contribution is 2.24. The molecule has 0 saturated carbocycles. The third kappa shape index (κ3) is 4.82. The van der Waals surface area contributed by atoms with Crippen LogP contribution in [0.1, 0.15) is 39.1 Å². The molecule has 26 heavy (non-hydrogen) atoms. The molecule has 0 fully saturated rings. The fourth-order valence-corrected chi connectivity index (χ4v) is 3.49. The van der Waals surface area contributed by atoms with Gasteiger partial charge >= 0.3 is 0 Å². The summed E-state index contributed by atoms with van der Waals surface area (Å²) in [7, 11) is -3.47. The van der Waals surface area contributed by atoms with E-state index in [2.05, 4.69) is 9.97 Å². The van der Waals surface area contributed by atoms with Crippen molar-refractivity contribution < 1.29 is 8.42 Å². The number of hydrogen-bond donors (Lipinski definition) is 1. The highest BCUT2D eigenvalue weighted by atomic mass is 32.2. The lowest BCUT2D eigenvalue weighted by atomic mass is 10.2. The van der Waals surface area contributed by atoms with Gasteiger partial charge in [-0.25, -0.2) is 13.4 Å². The minimum atomic E-state index is -3.47. The van der Waals surface area contributed by atoms with E-state index in [1.54, 1.807) is 54.6 Å². The zero-order valence-corrected chi connectivity index (χ0v) is 17.2. The van der Waals surface area contributed by atoms with Crippen molar-refractivity contribution in [2.75, 3.05) is 0 Å². The molecule has 1 N–H and O–H groups in total. The van der Waals surface area contributed by atoms with Crippen LogP contribution in [0.15, 0.2) is 64.4 Å². The van der Waals surface area contributed by atoms with Crippen LogP contribution >= 0.6 is 0 Å². The van der Waals surface area contributed by atoms with Gasteiger partial charge in [0, 0.05) is 11.3 Å². The van der Waals surface area contributed by atoms with E-state index in [-0.39, 0.29) is 4.90 Å². The lowest BCUT2D eigenvalue weighted by Crippen LogP contribution is -2.01. The number of nitrogens with one attached hydrogen (secondary N) is 1. The Labute approximate surface area is 157 Å². The predicted octanol–water partition coefficient (Wildman–Crippen LogP) is 5.58. The smallest absolute Gasteiger partial charge is 0.206 e. The molecule has 1 aromatic heterocycles. The molecule has 140 valence electrons. The topological polar surface area (TPSA) is 62.8 Å². The quantitative estimate of drug-likeness (QED) is 0.653. The first-order valence-corrected chi connectivity index (χ1v) is 10.4. The van der Waals surface area contributed by atoms with E-state index >= 15 is 0 Å². The molecule has 4 nitrogen and oxygen atoms in total. The van der Waals surface area contributed by atoms with Crippen molar-refractivity contribution in [1.82, 2.24) is 9.97 Å². The second-order valence-electron chi connectivity index (χ2n) is 5.14. The molecule has 0 radical (unpaired) electrons. The fourth-order valence-electron chi connectivity index (χ4n) is 2.21. The molecule has 0 unspecified atom stereocenters. The minimum Gasteiger partial charge on any atom is -0.342 e. The van der Waals surface area contributed by atoms with Gasteiger partial charge < -0.3 is 4.98 Å². The first kappa shape index (κ1) is 21.6. The maximum Gasteiger partial charge on any atom is 0.206 e. The summed E-state index contributed by atoms with van der Waals surface area (Å²) in [6.07, 6.45) is 0. The summed E-state index contributed by atoms with van der Waals surface area (Å²) in [5.74, 6) is 0.749. The van der Waals surface area contributed by atoms with Gasteiger partial charge in [-0.1, -0.05) is 45.9 Å². The number of sulfone groups is 1. The number of hydrogen-bond acceptors (Lipinski definition) is 3. The number of aryl methyl sites for hydroxylation is 2. The van der Waals surface area contributed by atoms with Crippen LogP contribution in [0.2, 0.25) is 0 Å². The molecule has 0 aliphatic heterocycles. The molecule has 0 saturated heterocycles. The third-order valence-electron chi connectivity index (χ3n) is 3.62. The first-order valence-electron chi connectivity index (χ1n) is 8.92. The average Bonchev–Trinajstić information content (AvgIpc) is 3.04. The number of aromatic amines is 1. The standard InChI is InChI=1S/C17H16N2O2S.2C2H6/c1-12-13(2)19-17(18-12)14-8-10-16(11-9-14)22(20,21)15-6-4-3-5-7-15;2*1-2/h3-11H,1-2H3,(H,18,19);2*1-2H3. The molecule has 0 spiro atoms. The van der Waals surface area contributed by atoms with Crippen LogP contribution in [0.4, 0.5) is 0 Å². The van der Waals surface area contributed by atoms with Crippen LogP contribution in [0, 0.1) is 13.8 Å². The molecular weight excluding hydrogens is 344 g/mol. The molecule has 3 aromatic rings. The second kappa shape index (κ2) is 9.92. The van der Waals surface area contributed by atoms with Gasteiger partial charge in [0.15, 0.2) is 0 Å². The van der Waals surface area contributed by atoms with Gasteiger partial charge in [-0.2, -0.15) is 0 Å². The number of aromatic nitrogens is 2. The summed E-state index contributed by atoms with van der Waals surface area (Å²) < 4.78 is 25.0. The Bertz CT molecular complexity index is 877. The summed E-state index contributed by atoms with van der Waals surface area (Å²) in [6.45, 7) is 11.9. The molecule has 1 heterocycles. The van der Waals surface area contributed by atoms with E-state index in [1.807, 2.05) is 41.5 Å². The number of rotatable bonds is 3. The predicted molar refractivity (Wildman–Crippen MR) is 108 cm³/mol. The van der Waals surface area contributed by atoms with Crippen LogP contribution in [-0.4, -0.2) is 18.4 Å². The molecular formula is C21H28N2O2S. The lowest BCUT2D eigenvalue weighted by molar-refractivity contribution is 0.596. The molecule has 0 atom stereocenters. The first-order chi connectivity index (χ1) is 12.5. The van der Waals surface area contributed by atoms with E-state index in [9.17, 15) is 8.42 Å². The van der Waals surface area contributed by atoms with Crippen LogP contribution < -0.4 is 0 Å². The van der Waals surface area contributed by atoms with Crippen molar-refractivity contribution in [3.8, 4) is 11.4 Å². The Balaban J connectivity index is 0.000000791. The van der Waals surface area contributed by atoms with Crippen molar-refractivity contribution >= 4 is 9.84 Å². The van der Waals surface area contributed by atoms with Crippen LogP contribution in [0.3, 0.4) is 0 Å². The SMILES string of the molecule is CC.CC.Cc1nc(-c2ccc(S(=O)(=O)c3ccccc3)cc2)[nH]c1C. The Kier molecular flexibility index (Phi) is 8.26. The third-order valence-corrected chi connectivity index (χ3v) is 5.41. The average molecular weight is 373 g/mol. The molecule has 0 aliphatic carbocycles. The highest BCUT2D eigenvalue weighted by molar-refractivity contribution is 7.91. The molecule has 5 heteroatoms. The summed E-state index contributed by atoms with van der Waals surface area (Å²) in [5.41, 5.74) is 2.81. The molecule has 3 rings (SSSR count). The number of nitrogens with zero attached hydrogens (tertiary/aromatic N) is 1. The van der Waals surface area contributed by atoms with Crippen LogP contribution in [0.25, 0.3) is 11.4 Å². The van der Waals surface area contributed by atoms with Crippen LogP contribution in [-0.2, 0) is 9.84 Å². The summed E-state index contributed by atoms with van der Waals surface area (Å²) in [4.78, 5) is 8.19. The van der Waals surface area contributed by atoms with Crippen molar-refractivity contribution in [2.24, 2.45) is 0 Å². The van der Waals surface area contributed by atoms with Gasteiger partial charge in [-0.3, -0.25) is 0 Å². The van der Waals surface area contributed by atoms with Crippen molar-refractivity contribution in [3.05, 3.63) is 66.0 Å². The van der Waals surface area contributed by atoms with Gasteiger partial charge in [0.25, 0.3) is 0 Å². The summed E-state index contributed by atoms with van der Waals surface area (Å²) in [5, 5.41) is 0. The van der Waals surface area contributed by atoms with E-state index in [0.717, 1.165) is 22.8 Å². The van der Waals surface area contributed by atoms with Gasteiger partial charge in [0.2, 0.25) is 9.84 Å². The van der Waals surface area contributed by atoms with Crippen molar-refractivity contribution in [1.29, 1.82) is 0 Å². The zero-order chi connectivity index (χ0) is 19.7. The van der Waals surface area contributed by atoms with E-state index in [0.29, 0.717) is 4.90 Å². The van der Waals surface area contributed by atoms with Crippen LogP contribution in [0.5, 0.6) is 0 Å². The largest absolute Gasteiger partial charge is 0.342 e. The monoisotopic (exact) mass is 372 g/mol. The van der Waals surface area contributed by atoms with E-state index < -0.39 is 9.84 Å². The highest BCUT2D eigenvalue weighted by Gasteiger charge is 2.17. The fraction of sp³-hybridized carbons (Fsp3) is 0.286. The zero-order valence-electron chi connectivity index (χ0n) is 16.4. The maximum absolute atomic E-state index is 12.5. The van der Waals surface area contributed by atoms with Crippen molar-refractivity contribution in [3.63, 3.8) is 0 Å². The Morgan fingerprint density at radius 2 is 1.27 bits per heavy atom. The Morgan fingerprint density at radius 3 is 1.73 bits per heavy atom. The van der Waals surface area contributed by atoms with Gasteiger partial charge in [-0.05, 0) is 50.2 Å². The summed E-state index contributed by atoms with van der Waals surface area (Å²) in [6, 6.07) is 15.2. The van der Waals surface area contributed by atoms with Crippen molar-refractivity contribution in [2.45, 2.75) is 51.3 Å². The molecule has 0 bridgehead atoms.